The minimum atomic E-state index is -0.987. The van der Waals surface area contributed by atoms with Gasteiger partial charge in [0.2, 0.25) is 0 Å². The van der Waals surface area contributed by atoms with Gasteiger partial charge in [0.1, 0.15) is 23.2 Å². The Morgan fingerprint density at radius 3 is 2.38 bits per heavy atom. The highest BCUT2D eigenvalue weighted by atomic mass is 32.1. The van der Waals surface area contributed by atoms with Crippen molar-refractivity contribution in [2.75, 3.05) is 0 Å². The van der Waals surface area contributed by atoms with Gasteiger partial charge in [-0.05, 0) is 18.1 Å². The Kier molecular flexibility index (Phi) is 5.61. The van der Waals surface area contributed by atoms with Gasteiger partial charge in [-0.15, -0.1) is 11.3 Å². The molecule has 1 heterocycles. The monoisotopic (exact) mass is 353 g/mol. The van der Waals surface area contributed by atoms with Crippen LogP contribution in [0.1, 0.15) is 24.2 Å². The highest BCUT2D eigenvalue weighted by Crippen LogP contribution is 2.13. The Balaban J connectivity index is 2.28. The van der Waals surface area contributed by atoms with E-state index in [1.165, 1.54) is 17.4 Å². The van der Waals surface area contributed by atoms with Gasteiger partial charge in [-0.2, -0.15) is 4.99 Å². The van der Waals surface area contributed by atoms with Gasteiger partial charge in [-0.3, -0.25) is 9.59 Å². The van der Waals surface area contributed by atoms with Crippen LogP contribution in [0.15, 0.2) is 34.8 Å². The highest BCUT2D eigenvalue weighted by Gasteiger charge is 2.27. The summed E-state index contributed by atoms with van der Waals surface area (Å²) in [6.07, 6.45) is 1.74. The number of thiazole rings is 1. The van der Waals surface area contributed by atoms with Gasteiger partial charge in [-0.25, -0.2) is 8.78 Å². The lowest BCUT2D eigenvalue weighted by atomic mass is 10.0. The molecule has 0 aliphatic rings. The molecule has 0 radical (unpaired) electrons. The smallest absolute Gasteiger partial charge is 0.271 e. The van der Waals surface area contributed by atoms with Crippen molar-refractivity contribution in [2.24, 2.45) is 18.0 Å². The second kappa shape index (κ2) is 7.48. The molecule has 2 aromatic rings. The number of carbonyl (C=O) groups excluding carboxylic acids is 2. The van der Waals surface area contributed by atoms with Crippen LogP contribution in [0.25, 0.3) is 0 Å². The normalized spacial score (nSPS) is 13.2. The molecule has 24 heavy (non-hydrogen) atoms. The zero-order valence-corrected chi connectivity index (χ0v) is 14.2. The third-order valence-corrected chi connectivity index (χ3v) is 4.22. The lowest BCUT2D eigenvalue weighted by Crippen LogP contribution is -2.45. The largest absolute Gasteiger partial charge is 0.340 e. The molecule has 0 unspecified atom stereocenters. The summed E-state index contributed by atoms with van der Waals surface area (Å²) in [6.45, 7) is 3.43. The first-order valence-electron chi connectivity index (χ1n) is 7.25. The van der Waals surface area contributed by atoms with E-state index in [1.54, 1.807) is 37.0 Å². The number of hydrogen-bond donors (Lipinski definition) is 1. The van der Waals surface area contributed by atoms with E-state index in [1.807, 2.05) is 0 Å². The van der Waals surface area contributed by atoms with E-state index in [9.17, 15) is 18.4 Å². The maximum atomic E-state index is 13.7. The second-order valence-corrected chi connectivity index (χ2v) is 6.41. The summed E-state index contributed by atoms with van der Waals surface area (Å²) < 4.78 is 29.1. The van der Waals surface area contributed by atoms with Crippen LogP contribution in [0, 0.1) is 17.6 Å². The van der Waals surface area contributed by atoms with Gasteiger partial charge in [0, 0.05) is 18.6 Å². The molecule has 8 heteroatoms. The molecule has 1 N–H and O–H groups in total. The first-order chi connectivity index (χ1) is 11.3. The Morgan fingerprint density at radius 2 is 1.88 bits per heavy atom. The first kappa shape index (κ1) is 18.0. The third kappa shape index (κ3) is 3.94. The standard InChI is InChI=1S/C16H17F2N3O2S/c1-9(2)13(15(23)20-16-21(3)7-8-24-16)19-14(22)12-10(17)5-4-6-11(12)18/h4-9,13H,1-3H3,(H,19,22)/t13-/m1/s1. The fraction of sp³-hybridized carbons (Fsp3) is 0.312. The van der Waals surface area contributed by atoms with E-state index >= 15 is 0 Å². The fourth-order valence-electron chi connectivity index (χ4n) is 2.04. The number of carbonyl (C=O) groups is 2. The van der Waals surface area contributed by atoms with E-state index < -0.39 is 35.1 Å². The van der Waals surface area contributed by atoms with Gasteiger partial charge < -0.3 is 9.88 Å². The molecule has 0 saturated carbocycles. The first-order valence-corrected chi connectivity index (χ1v) is 8.12. The molecule has 2 rings (SSSR count). The molecule has 1 aromatic heterocycles. The summed E-state index contributed by atoms with van der Waals surface area (Å²) in [5, 5.41) is 4.15. The van der Waals surface area contributed by atoms with E-state index in [0.717, 1.165) is 12.1 Å². The molecule has 5 nitrogen and oxygen atoms in total. The molecule has 0 bridgehead atoms. The molecule has 0 spiro atoms. The maximum Gasteiger partial charge on any atom is 0.271 e. The summed E-state index contributed by atoms with van der Waals surface area (Å²) in [4.78, 5) is 29.0. The van der Waals surface area contributed by atoms with Crippen LogP contribution in [0.4, 0.5) is 8.78 Å². The van der Waals surface area contributed by atoms with Gasteiger partial charge in [0.05, 0.1) is 0 Å². The molecular weight excluding hydrogens is 336 g/mol. The van der Waals surface area contributed by atoms with Crippen LogP contribution >= 0.6 is 11.3 Å². The SMILES string of the molecule is CC(C)[C@@H](NC(=O)c1c(F)cccc1F)C(=O)N=c1sccn1C. The van der Waals surface area contributed by atoms with Crippen molar-refractivity contribution in [1.29, 1.82) is 0 Å². The zero-order chi connectivity index (χ0) is 17.9. The van der Waals surface area contributed by atoms with E-state index in [2.05, 4.69) is 10.3 Å². The van der Waals surface area contributed by atoms with Crippen LogP contribution in [-0.4, -0.2) is 22.4 Å². The number of nitrogens with zero attached hydrogens (tertiary/aromatic N) is 2. The number of hydrogen-bond acceptors (Lipinski definition) is 3. The van der Waals surface area contributed by atoms with Crippen LogP contribution in [-0.2, 0) is 11.8 Å². The Bertz CT molecular complexity index is 806. The Hall–Kier alpha value is -2.35. The highest BCUT2D eigenvalue weighted by molar-refractivity contribution is 7.07. The Labute approximate surface area is 141 Å². The zero-order valence-electron chi connectivity index (χ0n) is 13.4. The molecule has 2 amide bonds. The van der Waals surface area contributed by atoms with Crippen molar-refractivity contribution in [1.82, 2.24) is 9.88 Å². The molecule has 0 fully saturated rings. The molecule has 0 aliphatic carbocycles. The summed E-state index contributed by atoms with van der Waals surface area (Å²) in [6, 6.07) is 2.15. The molecule has 128 valence electrons. The van der Waals surface area contributed by atoms with E-state index in [-0.39, 0.29) is 5.92 Å². The summed E-state index contributed by atoms with van der Waals surface area (Å²) >= 11 is 1.27. The summed E-state index contributed by atoms with van der Waals surface area (Å²) in [7, 11) is 1.74. The van der Waals surface area contributed by atoms with Crippen molar-refractivity contribution in [3.05, 3.63) is 51.8 Å². The molecular formula is C16H17F2N3O2S. The number of rotatable bonds is 4. The van der Waals surface area contributed by atoms with Gasteiger partial charge in [0.25, 0.3) is 11.8 Å². The van der Waals surface area contributed by atoms with Crippen LogP contribution in [0.5, 0.6) is 0 Å². The van der Waals surface area contributed by atoms with Crippen molar-refractivity contribution >= 4 is 23.2 Å². The van der Waals surface area contributed by atoms with Gasteiger partial charge in [-0.1, -0.05) is 19.9 Å². The quantitative estimate of drug-likeness (QED) is 0.916. The predicted molar refractivity (Wildman–Crippen MR) is 86.3 cm³/mol. The third-order valence-electron chi connectivity index (χ3n) is 3.37. The van der Waals surface area contributed by atoms with Crippen molar-refractivity contribution in [3.63, 3.8) is 0 Å². The molecule has 1 atom stereocenters. The van der Waals surface area contributed by atoms with Gasteiger partial charge in [0.15, 0.2) is 4.80 Å². The molecule has 1 aromatic carbocycles. The van der Waals surface area contributed by atoms with E-state index in [4.69, 9.17) is 0 Å². The number of benzene rings is 1. The Morgan fingerprint density at radius 1 is 1.25 bits per heavy atom. The minimum absolute atomic E-state index is 0.301. The minimum Gasteiger partial charge on any atom is -0.340 e. The van der Waals surface area contributed by atoms with Crippen molar-refractivity contribution in [3.8, 4) is 0 Å². The van der Waals surface area contributed by atoms with Crippen molar-refractivity contribution in [2.45, 2.75) is 19.9 Å². The predicted octanol–water partition coefficient (Wildman–Crippen LogP) is 2.25. The lowest BCUT2D eigenvalue weighted by Gasteiger charge is -2.19. The number of aryl methyl sites for hydroxylation is 1. The van der Waals surface area contributed by atoms with Crippen LogP contribution in [0.3, 0.4) is 0 Å². The average molecular weight is 353 g/mol. The number of amides is 2. The van der Waals surface area contributed by atoms with Crippen molar-refractivity contribution < 1.29 is 18.4 Å². The van der Waals surface area contributed by atoms with Crippen LogP contribution < -0.4 is 10.1 Å². The van der Waals surface area contributed by atoms with Gasteiger partial charge >= 0.3 is 0 Å². The summed E-state index contributed by atoms with van der Waals surface area (Å²) in [5.74, 6) is -3.82. The second-order valence-electron chi connectivity index (χ2n) is 5.54. The summed E-state index contributed by atoms with van der Waals surface area (Å²) in [5.41, 5.74) is -0.711. The average Bonchev–Trinajstić information content (AvgIpc) is 2.89. The number of nitrogens with one attached hydrogen (secondary N) is 1. The molecule has 0 aliphatic heterocycles. The number of aromatic nitrogens is 1. The number of halogens is 2. The lowest BCUT2D eigenvalue weighted by molar-refractivity contribution is -0.120. The maximum absolute atomic E-state index is 13.7. The topological polar surface area (TPSA) is 63.5 Å². The van der Waals surface area contributed by atoms with Crippen LogP contribution in [0.2, 0.25) is 0 Å². The fourth-order valence-corrected chi connectivity index (χ4v) is 2.78. The molecule has 0 saturated heterocycles. The van der Waals surface area contributed by atoms with E-state index in [0.29, 0.717) is 4.80 Å².